The van der Waals surface area contributed by atoms with Crippen molar-refractivity contribution < 1.29 is 13.9 Å². The van der Waals surface area contributed by atoms with E-state index in [1.54, 1.807) is 25.3 Å². The zero-order chi connectivity index (χ0) is 21.7. The highest BCUT2D eigenvalue weighted by Crippen LogP contribution is 2.35. The first kappa shape index (κ1) is 19.6. The molecule has 31 heavy (non-hydrogen) atoms. The molecule has 5 rings (SSSR count). The van der Waals surface area contributed by atoms with Gasteiger partial charge in [-0.3, -0.25) is 9.59 Å². The molecular weight excluding hydrogens is 396 g/mol. The Bertz CT molecular complexity index is 1310. The predicted molar refractivity (Wildman–Crippen MR) is 116 cm³/mol. The maximum atomic E-state index is 13.2. The molecule has 1 amide bonds. The molecule has 4 heterocycles. The van der Waals surface area contributed by atoms with Crippen molar-refractivity contribution in [3.63, 3.8) is 0 Å². The summed E-state index contributed by atoms with van der Waals surface area (Å²) in [6.07, 6.45) is 0.989. The number of carbonyl (C=O) groups is 1. The van der Waals surface area contributed by atoms with Crippen LogP contribution in [0.3, 0.4) is 0 Å². The van der Waals surface area contributed by atoms with E-state index in [1.807, 2.05) is 34.6 Å². The van der Waals surface area contributed by atoms with Crippen LogP contribution in [0, 0.1) is 12.8 Å². The van der Waals surface area contributed by atoms with Crippen LogP contribution in [0.15, 0.2) is 50.4 Å². The van der Waals surface area contributed by atoms with Crippen LogP contribution in [-0.4, -0.2) is 35.6 Å². The third-order valence-electron chi connectivity index (χ3n) is 6.65. The number of amides is 1. The summed E-state index contributed by atoms with van der Waals surface area (Å²) in [6.45, 7) is 3.65. The van der Waals surface area contributed by atoms with Crippen molar-refractivity contribution in [2.24, 2.45) is 5.92 Å². The fraction of sp³-hybridized carbons (Fsp3) is 0.375. The highest BCUT2D eigenvalue weighted by atomic mass is 16.5. The van der Waals surface area contributed by atoms with Crippen molar-refractivity contribution in [2.75, 3.05) is 20.2 Å². The molecule has 2 bridgehead atoms. The second-order valence-electron chi connectivity index (χ2n) is 8.53. The minimum Gasteiger partial charge on any atom is -0.497 e. The van der Waals surface area contributed by atoms with Crippen LogP contribution in [-0.2, 0) is 17.8 Å². The number of rotatable bonds is 3. The van der Waals surface area contributed by atoms with Gasteiger partial charge in [-0.05, 0) is 43.0 Å². The summed E-state index contributed by atoms with van der Waals surface area (Å²) in [5.74, 6) is 0.923. The standard InChI is InChI=1S/C24H24N2O5/c1-14-18-7-6-17(30-2)9-21(18)31-24(29)19(14)10-23(28)25-11-15-8-16(13-25)20-4-3-5-22(27)26(20)12-15/h3-7,9,15-16H,8,10-13H2,1-2H3/t15-,16-/m1/s1. The van der Waals surface area contributed by atoms with Crippen LogP contribution in [0.25, 0.3) is 11.0 Å². The first-order valence-corrected chi connectivity index (χ1v) is 10.5. The summed E-state index contributed by atoms with van der Waals surface area (Å²) in [5.41, 5.74) is 2.14. The Morgan fingerprint density at radius 3 is 2.81 bits per heavy atom. The van der Waals surface area contributed by atoms with E-state index in [9.17, 15) is 14.4 Å². The smallest absolute Gasteiger partial charge is 0.340 e. The molecule has 1 aromatic carbocycles. The minimum absolute atomic E-state index is 0.0111. The number of aryl methyl sites for hydroxylation is 1. The van der Waals surface area contributed by atoms with Crippen molar-refractivity contribution in [1.82, 2.24) is 9.47 Å². The van der Waals surface area contributed by atoms with Crippen molar-refractivity contribution in [3.05, 3.63) is 74.0 Å². The third-order valence-corrected chi connectivity index (χ3v) is 6.65. The number of hydrogen-bond donors (Lipinski definition) is 0. The van der Waals surface area contributed by atoms with Gasteiger partial charge < -0.3 is 18.6 Å². The zero-order valence-corrected chi connectivity index (χ0v) is 17.6. The maximum Gasteiger partial charge on any atom is 0.340 e. The lowest BCUT2D eigenvalue weighted by Gasteiger charge is -2.42. The number of pyridine rings is 1. The third kappa shape index (κ3) is 3.34. The molecule has 1 fully saturated rings. The first-order chi connectivity index (χ1) is 14.9. The van der Waals surface area contributed by atoms with Crippen LogP contribution in [0.5, 0.6) is 5.75 Å². The van der Waals surface area contributed by atoms with E-state index in [4.69, 9.17) is 9.15 Å². The molecule has 160 valence electrons. The van der Waals surface area contributed by atoms with Gasteiger partial charge in [-0.25, -0.2) is 4.79 Å². The summed E-state index contributed by atoms with van der Waals surface area (Å²) in [6, 6.07) is 10.7. The minimum atomic E-state index is -0.485. The number of carbonyl (C=O) groups excluding carboxylic acids is 1. The monoisotopic (exact) mass is 420 g/mol. The lowest BCUT2D eigenvalue weighted by atomic mass is 9.83. The quantitative estimate of drug-likeness (QED) is 0.608. The summed E-state index contributed by atoms with van der Waals surface area (Å²) >= 11 is 0. The lowest BCUT2D eigenvalue weighted by molar-refractivity contribution is -0.133. The Balaban J connectivity index is 1.42. The number of nitrogens with zero attached hydrogens (tertiary/aromatic N) is 2. The molecule has 0 saturated carbocycles. The Labute approximate surface area is 178 Å². The second-order valence-corrected chi connectivity index (χ2v) is 8.53. The summed E-state index contributed by atoms with van der Waals surface area (Å²) in [5, 5.41) is 0.798. The molecule has 0 spiro atoms. The molecule has 0 N–H and O–H groups in total. The fourth-order valence-electron chi connectivity index (χ4n) is 5.07. The molecule has 2 aromatic heterocycles. The van der Waals surface area contributed by atoms with Crippen LogP contribution < -0.4 is 15.9 Å². The first-order valence-electron chi connectivity index (χ1n) is 10.5. The van der Waals surface area contributed by atoms with E-state index in [0.717, 1.165) is 23.1 Å². The average Bonchev–Trinajstić information content (AvgIpc) is 2.76. The van der Waals surface area contributed by atoms with Crippen LogP contribution in [0.4, 0.5) is 0 Å². The number of hydrogen-bond acceptors (Lipinski definition) is 5. The normalized spacial score (nSPS) is 19.9. The summed E-state index contributed by atoms with van der Waals surface area (Å²) < 4.78 is 12.5. The van der Waals surface area contributed by atoms with E-state index in [1.165, 1.54) is 0 Å². The highest BCUT2D eigenvalue weighted by molar-refractivity contribution is 5.85. The van der Waals surface area contributed by atoms with Gasteiger partial charge in [0.1, 0.15) is 11.3 Å². The number of ether oxygens (including phenoxy) is 1. The zero-order valence-electron chi connectivity index (χ0n) is 17.6. The molecule has 2 atom stereocenters. The van der Waals surface area contributed by atoms with E-state index in [0.29, 0.717) is 36.5 Å². The highest BCUT2D eigenvalue weighted by Gasteiger charge is 2.36. The Morgan fingerprint density at radius 1 is 1.16 bits per heavy atom. The van der Waals surface area contributed by atoms with Crippen LogP contribution in [0.2, 0.25) is 0 Å². The number of aromatic nitrogens is 1. The van der Waals surface area contributed by atoms with Gasteiger partial charge in [-0.15, -0.1) is 0 Å². The Hall–Kier alpha value is -3.35. The van der Waals surface area contributed by atoms with Gasteiger partial charge in [0.05, 0.1) is 19.1 Å². The number of benzene rings is 1. The second kappa shape index (κ2) is 7.41. The molecule has 0 unspecified atom stereocenters. The number of fused-ring (bicyclic) bond motifs is 5. The molecule has 7 nitrogen and oxygen atoms in total. The summed E-state index contributed by atoms with van der Waals surface area (Å²) in [4.78, 5) is 39.9. The van der Waals surface area contributed by atoms with E-state index in [-0.39, 0.29) is 29.7 Å². The lowest BCUT2D eigenvalue weighted by Crippen LogP contribution is -2.49. The summed E-state index contributed by atoms with van der Waals surface area (Å²) in [7, 11) is 1.56. The maximum absolute atomic E-state index is 13.2. The fourth-order valence-corrected chi connectivity index (χ4v) is 5.07. The average molecular weight is 420 g/mol. The largest absolute Gasteiger partial charge is 0.497 e. The van der Waals surface area contributed by atoms with Crippen LogP contribution >= 0.6 is 0 Å². The van der Waals surface area contributed by atoms with Gasteiger partial charge in [0.2, 0.25) is 5.91 Å². The van der Waals surface area contributed by atoms with Crippen molar-refractivity contribution in [2.45, 2.75) is 32.2 Å². The van der Waals surface area contributed by atoms with Gasteiger partial charge >= 0.3 is 5.63 Å². The van der Waals surface area contributed by atoms with E-state index in [2.05, 4.69) is 0 Å². The SMILES string of the molecule is COc1ccc2c(C)c(CC(=O)N3C[C@H]4C[C@H](C3)c3cccc(=O)n3C4)c(=O)oc2c1. The molecule has 2 aliphatic rings. The van der Waals surface area contributed by atoms with Gasteiger partial charge in [-0.1, -0.05) is 6.07 Å². The molecule has 2 aliphatic heterocycles. The predicted octanol–water partition coefficient (Wildman–Crippen LogP) is 2.46. The molecule has 7 heteroatoms. The molecule has 3 aromatic rings. The van der Waals surface area contributed by atoms with Gasteiger partial charge in [0.15, 0.2) is 0 Å². The molecule has 1 saturated heterocycles. The van der Waals surface area contributed by atoms with E-state index < -0.39 is 5.63 Å². The van der Waals surface area contributed by atoms with E-state index >= 15 is 0 Å². The Morgan fingerprint density at radius 2 is 2.00 bits per heavy atom. The molecule has 0 radical (unpaired) electrons. The van der Waals surface area contributed by atoms with Crippen molar-refractivity contribution in [1.29, 1.82) is 0 Å². The van der Waals surface area contributed by atoms with Crippen molar-refractivity contribution >= 4 is 16.9 Å². The number of methoxy groups -OCH3 is 1. The Kier molecular flexibility index (Phi) is 4.68. The van der Waals surface area contributed by atoms with Gasteiger partial charge in [0.25, 0.3) is 5.56 Å². The topological polar surface area (TPSA) is 81.8 Å². The van der Waals surface area contributed by atoms with Crippen molar-refractivity contribution in [3.8, 4) is 5.75 Å². The van der Waals surface area contributed by atoms with Gasteiger partial charge in [0, 0.05) is 48.8 Å². The van der Waals surface area contributed by atoms with Gasteiger partial charge in [-0.2, -0.15) is 0 Å². The number of piperidine rings is 1. The van der Waals surface area contributed by atoms with Crippen LogP contribution in [0.1, 0.15) is 29.2 Å². The molecule has 0 aliphatic carbocycles. The molecular formula is C24H24N2O5. The number of likely N-dealkylation sites (tertiary alicyclic amines) is 1.